The van der Waals surface area contributed by atoms with Crippen molar-refractivity contribution in [1.29, 1.82) is 0 Å². The van der Waals surface area contributed by atoms with Crippen LogP contribution in [0.15, 0.2) is 36.4 Å². The molecule has 3 aliphatic heterocycles. The monoisotopic (exact) mass is 548 g/mol. The number of nitrogens with zero attached hydrogens (tertiary/aromatic N) is 6. The van der Waals surface area contributed by atoms with E-state index < -0.39 is 5.41 Å². The third kappa shape index (κ3) is 4.76. The molecule has 3 N–H and O–H groups in total. The van der Waals surface area contributed by atoms with E-state index >= 15 is 0 Å². The molecule has 0 radical (unpaired) electrons. The van der Waals surface area contributed by atoms with Crippen molar-refractivity contribution in [2.75, 3.05) is 49.6 Å². The van der Waals surface area contributed by atoms with Crippen LogP contribution in [0.4, 0.5) is 16.0 Å². The van der Waals surface area contributed by atoms with Gasteiger partial charge in [0.15, 0.2) is 5.65 Å². The van der Waals surface area contributed by atoms with Crippen molar-refractivity contribution in [1.82, 2.24) is 24.8 Å². The van der Waals surface area contributed by atoms with Gasteiger partial charge in [0, 0.05) is 64.4 Å². The number of aromatic nitrogens is 3. The fourth-order valence-electron chi connectivity index (χ4n) is 6.13. The Bertz CT molecular complexity index is 1420. The van der Waals surface area contributed by atoms with Crippen molar-refractivity contribution in [2.24, 2.45) is 5.73 Å². The average Bonchev–Trinajstić information content (AvgIpc) is 3.37. The number of anilines is 2. The predicted molar refractivity (Wildman–Crippen MR) is 151 cm³/mol. The zero-order valence-electron chi connectivity index (χ0n) is 23.1. The maximum atomic E-state index is 14.4. The normalized spacial score (nSPS) is 24.9. The van der Waals surface area contributed by atoms with Gasteiger partial charge in [-0.1, -0.05) is 12.1 Å². The molecule has 0 aliphatic carbocycles. The minimum absolute atomic E-state index is 0.100. The topological polar surface area (TPSA) is 112 Å². The molecule has 2 bridgehead atoms. The molecule has 0 spiro atoms. The van der Waals surface area contributed by atoms with E-state index in [-0.39, 0.29) is 36.3 Å². The Morgan fingerprint density at radius 2 is 1.85 bits per heavy atom. The van der Waals surface area contributed by atoms with Gasteiger partial charge in [-0.25, -0.2) is 9.37 Å². The second-order valence-corrected chi connectivity index (χ2v) is 11.6. The zero-order chi connectivity index (χ0) is 28.0. The summed E-state index contributed by atoms with van der Waals surface area (Å²) in [6, 6.07) is 9.96. The molecule has 2 fully saturated rings. The van der Waals surface area contributed by atoms with Crippen LogP contribution < -0.4 is 20.9 Å². The number of hydrogen-bond acceptors (Lipinski definition) is 7. The van der Waals surface area contributed by atoms with E-state index in [1.807, 2.05) is 35.5 Å². The molecule has 0 saturated carbocycles. The minimum Gasteiger partial charge on any atom is -0.359 e. The quantitative estimate of drug-likeness (QED) is 0.506. The molecule has 3 aliphatic rings. The highest BCUT2D eigenvalue weighted by Gasteiger charge is 2.43. The van der Waals surface area contributed by atoms with Crippen LogP contribution in [-0.2, 0) is 15.0 Å². The van der Waals surface area contributed by atoms with Crippen molar-refractivity contribution in [2.45, 2.75) is 56.5 Å². The Morgan fingerprint density at radius 3 is 2.60 bits per heavy atom. The number of amides is 2. The van der Waals surface area contributed by atoms with Crippen LogP contribution in [0.5, 0.6) is 0 Å². The number of rotatable bonds is 2. The van der Waals surface area contributed by atoms with Gasteiger partial charge >= 0.3 is 0 Å². The first-order valence-corrected chi connectivity index (χ1v) is 14.2. The first-order valence-electron chi connectivity index (χ1n) is 14.2. The highest BCUT2D eigenvalue weighted by Crippen LogP contribution is 2.37. The van der Waals surface area contributed by atoms with Gasteiger partial charge in [-0.3, -0.25) is 9.59 Å². The van der Waals surface area contributed by atoms with Crippen molar-refractivity contribution < 1.29 is 14.0 Å². The molecular formula is C29H37FN8O2. The lowest BCUT2D eigenvalue weighted by Crippen LogP contribution is -2.56. The number of nitrogens with two attached hydrogens (primary N) is 1. The van der Waals surface area contributed by atoms with Crippen LogP contribution in [0.25, 0.3) is 5.65 Å². The van der Waals surface area contributed by atoms with E-state index in [1.165, 1.54) is 12.1 Å². The molecule has 2 amide bonds. The lowest BCUT2D eigenvalue weighted by Gasteiger charge is -2.41. The zero-order valence-corrected chi connectivity index (χ0v) is 23.1. The van der Waals surface area contributed by atoms with E-state index in [2.05, 4.69) is 15.1 Å². The molecule has 2 unspecified atom stereocenters. The summed E-state index contributed by atoms with van der Waals surface area (Å²) >= 11 is 0. The lowest BCUT2D eigenvalue weighted by atomic mass is 9.79. The van der Waals surface area contributed by atoms with Crippen LogP contribution in [0.3, 0.4) is 0 Å². The first-order chi connectivity index (χ1) is 19.2. The van der Waals surface area contributed by atoms with Crippen LogP contribution in [0.2, 0.25) is 0 Å². The van der Waals surface area contributed by atoms with Crippen molar-refractivity contribution in [3.8, 4) is 0 Å². The van der Waals surface area contributed by atoms with E-state index in [9.17, 15) is 14.0 Å². The van der Waals surface area contributed by atoms with Crippen LogP contribution in [0.1, 0.15) is 56.3 Å². The van der Waals surface area contributed by atoms with Gasteiger partial charge in [-0.15, -0.1) is 0 Å². The fraction of sp³-hybridized carbons (Fsp3) is 0.517. The Kier molecular flexibility index (Phi) is 6.85. The molecule has 3 aromatic rings. The molecule has 1 aromatic carbocycles. The number of carbonyl (C=O) groups excluding carboxylic acids is 2. The minimum atomic E-state index is -1.07. The van der Waals surface area contributed by atoms with Gasteiger partial charge in [-0.2, -0.15) is 9.61 Å². The molecule has 5 heterocycles. The highest BCUT2D eigenvalue weighted by molar-refractivity contribution is 5.89. The van der Waals surface area contributed by atoms with Crippen LogP contribution in [0, 0.1) is 5.82 Å². The number of piperidine rings is 1. The number of nitrogens with one attached hydrogen (secondary N) is 1. The number of benzene rings is 1. The van der Waals surface area contributed by atoms with Gasteiger partial charge in [-0.05, 0) is 50.3 Å². The third-order valence-electron chi connectivity index (χ3n) is 8.63. The molecule has 40 heavy (non-hydrogen) atoms. The summed E-state index contributed by atoms with van der Waals surface area (Å²) in [6.07, 6.45) is 3.58. The summed E-state index contributed by atoms with van der Waals surface area (Å²) in [5, 5.41) is 8.04. The van der Waals surface area contributed by atoms with Gasteiger partial charge in [0.1, 0.15) is 17.5 Å². The van der Waals surface area contributed by atoms with E-state index in [1.54, 1.807) is 12.1 Å². The Balaban J connectivity index is 1.45. The van der Waals surface area contributed by atoms with Crippen LogP contribution in [-0.4, -0.2) is 77.1 Å². The van der Waals surface area contributed by atoms with E-state index in [0.717, 1.165) is 55.3 Å². The smallest absolute Gasteiger partial charge is 0.235 e. The molecule has 2 atom stereocenters. The SMILES string of the molecule is CN1CCCC(=O)NCC(C)(c2ccc(F)cc2)C(=O)N2CCCCC2c2cc3nc(N4CC(N)C4)cc1n3n2. The summed E-state index contributed by atoms with van der Waals surface area (Å²) in [5.41, 5.74) is 7.18. The molecule has 2 saturated heterocycles. The fourth-order valence-corrected chi connectivity index (χ4v) is 6.13. The van der Waals surface area contributed by atoms with E-state index in [4.69, 9.17) is 15.8 Å². The van der Waals surface area contributed by atoms with Gasteiger partial charge in [0.05, 0.1) is 17.2 Å². The number of carbonyl (C=O) groups is 2. The summed E-state index contributed by atoms with van der Waals surface area (Å²) in [4.78, 5) is 38.5. The number of halogens is 1. The number of hydrogen-bond donors (Lipinski definition) is 2. The molecule has 11 heteroatoms. The molecular weight excluding hydrogens is 511 g/mol. The first kappa shape index (κ1) is 26.5. The standard InChI is InChI=1S/C29H37FN8O2/c1-29(19-8-10-20(30)11-9-19)18-32-26(39)7-5-12-35(2)27-15-24(36-16-21(31)17-36)33-25-14-22(34-38(25)27)23-6-3-4-13-37(23)28(29)40/h8-11,14-15,21,23H,3-7,12-13,16-18,31H2,1-2H3,(H,32,39). The Morgan fingerprint density at radius 1 is 1.07 bits per heavy atom. The second-order valence-electron chi connectivity index (χ2n) is 11.6. The largest absolute Gasteiger partial charge is 0.359 e. The average molecular weight is 549 g/mol. The van der Waals surface area contributed by atoms with E-state index in [0.29, 0.717) is 31.5 Å². The molecule has 2 aromatic heterocycles. The Hall–Kier alpha value is -3.73. The van der Waals surface area contributed by atoms with Gasteiger partial charge < -0.3 is 25.8 Å². The summed E-state index contributed by atoms with van der Waals surface area (Å²) in [7, 11) is 2.00. The number of fused-ring (bicyclic) bond motifs is 3. The van der Waals surface area contributed by atoms with Gasteiger partial charge in [0.2, 0.25) is 11.8 Å². The predicted octanol–water partition coefficient (Wildman–Crippen LogP) is 2.37. The molecule has 212 valence electrons. The van der Waals surface area contributed by atoms with Crippen LogP contribution >= 0.6 is 0 Å². The maximum Gasteiger partial charge on any atom is 0.235 e. The summed E-state index contributed by atoms with van der Waals surface area (Å²) in [5.74, 6) is 1.15. The maximum absolute atomic E-state index is 14.4. The second kappa shape index (κ2) is 10.3. The highest BCUT2D eigenvalue weighted by atomic mass is 19.1. The van der Waals surface area contributed by atoms with Crippen molar-refractivity contribution >= 4 is 29.1 Å². The summed E-state index contributed by atoms with van der Waals surface area (Å²) < 4.78 is 15.7. The van der Waals surface area contributed by atoms with Crippen molar-refractivity contribution in [3.63, 3.8) is 0 Å². The third-order valence-corrected chi connectivity index (χ3v) is 8.63. The van der Waals surface area contributed by atoms with Gasteiger partial charge in [0.25, 0.3) is 0 Å². The summed E-state index contributed by atoms with van der Waals surface area (Å²) in [6.45, 7) is 4.70. The van der Waals surface area contributed by atoms with Crippen molar-refractivity contribution in [3.05, 3.63) is 53.5 Å². The Labute approximate surface area is 233 Å². The molecule has 10 nitrogen and oxygen atoms in total. The lowest BCUT2D eigenvalue weighted by molar-refractivity contribution is -0.141. The molecule has 6 rings (SSSR count).